The van der Waals surface area contributed by atoms with Gasteiger partial charge in [0.1, 0.15) is 11.4 Å². The minimum absolute atomic E-state index is 0.00503. The van der Waals surface area contributed by atoms with E-state index in [9.17, 15) is 0 Å². The van der Waals surface area contributed by atoms with Crippen LogP contribution in [-0.2, 0) is 4.74 Å². The molecule has 1 fully saturated rings. The number of methoxy groups -OCH3 is 1. The molecule has 1 aliphatic carbocycles. The second-order valence-electron chi connectivity index (χ2n) is 8.08. The number of likely N-dealkylation sites (N-methyl/N-ethyl adjacent to an activating group) is 1. The van der Waals surface area contributed by atoms with Crippen molar-refractivity contribution in [3.63, 3.8) is 0 Å². The number of para-hydroxylation sites is 1. The lowest BCUT2D eigenvalue weighted by Crippen LogP contribution is -2.47. The first-order valence-electron chi connectivity index (χ1n) is 10.6. The van der Waals surface area contributed by atoms with E-state index >= 15 is 0 Å². The van der Waals surface area contributed by atoms with Crippen molar-refractivity contribution in [2.45, 2.75) is 50.2 Å². The molecule has 28 heavy (non-hydrogen) atoms. The SMILES string of the molecule is CN=C(NCCCN(C)CCOC)NC1CC2(CCCC2)Oc2ccccc21. The first kappa shape index (κ1) is 20.9. The number of nitrogens with zero attached hydrogens (tertiary/aromatic N) is 2. The van der Waals surface area contributed by atoms with Crippen molar-refractivity contribution in [2.24, 2.45) is 4.99 Å². The van der Waals surface area contributed by atoms with Gasteiger partial charge in [-0.3, -0.25) is 4.99 Å². The highest BCUT2D eigenvalue weighted by Crippen LogP contribution is 2.46. The van der Waals surface area contributed by atoms with Crippen molar-refractivity contribution >= 4 is 5.96 Å². The predicted octanol–water partition coefficient (Wildman–Crippen LogP) is 2.96. The van der Waals surface area contributed by atoms with Gasteiger partial charge in [0.15, 0.2) is 5.96 Å². The van der Waals surface area contributed by atoms with Crippen LogP contribution in [0.3, 0.4) is 0 Å². The molecule has 1 aliphatic heterocycles. The van der Waals surface area contributed by atoms with Crippen LogP contribution in [0.4, 0.5) is 0 Å². The van der Waals surface area contributed by atoms with Gasteiger partial charge in [0.25, 0.3) is 0 Å². The van der Waals surface area contributed by atoms with E-state index in [0.29, 0.717) is 0 Å². The fourth-order valence-corrected chi connectivity index (χ4v) is 4.35. The highest BCUT2D eigenvalue weighted by molar-refractivity contribution is 5.80. The van der Waals surface area contributed by atoms with Crippen LogP contribution in [0.25, 0.3) is 0 Å². The Bertz CT molecular complexity index is 643. The normalized spacial score (nSPS) is 20.9. The van der Waals surface area contributed by atoms with Crippen molar-refractivity contribution in [3.05, 3.63) is 29.8 Å². The van der Waals surface area contributed by atoms with Crippen molar-refractivity contribution in [1.82, 2.24) is 15.5 Å². The van der Waals surface area contributed by atoms with Gasteiger partial charge in [0.2, 0.25) is 0 Å². The zero-order valence-electron chi connectivity index (χ0n) is 17.7. The Labute approximate surface area is 169 Å². The van der Waals surface area contributed by atoms with Gasteiger partial charge in [-0.05, 0) is 51.8 Å². The third-order valence-corrected chi connectivity index (χ3v) is 5.93. The van der Waals surface area contributed by atoms with Gasteiger partial charge < -0.3 is 25.0 Å². The number of guanidine groups is 1. The monoisotopic (exact) mass is 388 g/mol. The van der Waals surface area contributed by atoms with E-state index in [-0.39, 0.29) is 11.6 Å². The van der Waals surface area contributed by atoms with E-state index in [4.69, 9.17) is 9.47 Å². The molecule has 2 N–H and O–H groups in total. The van der Waals surface area contributed by atoms with Crippen molar-refractivity contribution < 1.29 is 9.47 Å². The fraction of sp³-hybridized carbons (Fsp3) is 0.682. The lowest BCUT2D eigenvalue weighted by molar-refractivity contribution is 0.0396. The summed E-state index contributed by atoms with van der Waals surface area (Å²) >= 11 is 0. The molecule has 0 radical (unpaired) electrons. The molecule has 1 aromatic rings. The van der Waals surface area contributed by atoms with Gasteiger partial charge in [0.05, 0.1) is 12.6 Å². The Balaban J connectivity index is 1.55. The van der Waals surface area contributed by atoms with Gasteiger partial charge in [0, 0.05) is 39.2 Å². The quantitative estimate of drug-likeness (QED) is 0.407. The van der Waals surface area contributed by atoms with Crippen molar-refractivity contribution in [1.29, 1.82) is 0 Å². The molecular weight excluding hydrogens is 352 g/mol. The molecule has 6 heteroatoms. The summed E-state index contributed by atoms with van der Waals surface area (Å²) in [6.07, 6.45) is 6.90. The highest BCUT2D eigenvalue weighted by atomic mass is 16.5. The van der Waals surface area contributed by atoms with Crippen LogP contribution >= 0.6 is 0 Å². The first-order valence-corrected chi connectivity index (χ1v) is 10.6. The molecule has 3 rings (SSSR count). The molecule has 0 saturated heterocycles. The van der Waals surface area contributed by atoms with Crippen LogP contribution < -0.4 is 15.4 Å². The number of rotatable bonds is 8. The molecule has 2 aliphatic rings. The van der Waals surface area contributed by atoms with E-state index in [1.54, 1.807) is 7.11 Å². The minimum atomic E-state index is -0.00503. The number of aliphatic imine (C=N–C) groups is 1. The molecule has 1 aromatic carbocycles. The van der Waals surface area contributed by atoms with E-state index < -0.39 is 0 Å². The van der Waals surface area contributed by atoms with E-state index in [0.717, 1.165) is 63.6 Å². The molecule has 156 valence electrons. The highest BCUT2D eigenvalue weighted by Gasteiger charge is 2.43. The second-order valence-corrected chi connectivity index (χ2v) is 8.08. The average Bonchev–Trinajstić information content (AvgIpc) is 3.15. The van der Waals surface area contributed by atoms with Gasteiger partial charge >= 0.3 is 0 Å². The Kier molecular flexibility index (Phi) is 7.57. The molecule has 1 heterocycles. The molecule has 0 bridgehead atoms. The molecular formula is C22H36N4O2. The Morgan fingerprint density at radius 1 is 1.29 bits per heavy atom. The zero-order chi connectivity index (χ0) is 19.8. The van der Waals surface area contributed by atoms with Crippen LogP contribution in [-0.4, -0.2) is 63.9 Å². The average molecular weight is 389 g/mol. The zero-order valence-corrected chi connectivity index (χ0v) is 17.7. The summed E-state index contributed by atoms with van der Waals surface area (Å²) in [7, 11) is 5.72. The lowest BCUT2D eigenvalue weighted by atomic mass is 9.86. The summed E-state index contributed by atoms with van der Waals surface area (Å²) in [6, 6.07) is 8.67. The number of fused-ring (bicyclic) bond motifs is 1. The third-order valence-electron chi connectivity index (χ3n) is 5.93. The topological polar surface area (TPSA) is 58.1 Å². The number of hydrogen-bond donors (Lipinski definition) is 2. The summed E-state index contributed by atoms with van der Waals surface area (Å²) in [5, 5.41) is 7.14. The summed E-state index contributed by atoms with van der Waals surface area (Å²) < 4.78 is 11.6. The molecule has 1 atom stereocenters. The van der Waals surface area contributed by atoms with E-state index in [2.05, 4.69) is 51.8 Å². The Morgan fingerprint density at radius 2 is 2.07 bits per heavy atom. The maximum absolute atomic E-state index is 6.47. The van der Waals surface area contributed by atoms with Crippen LogP contribution in [0, 0.1) is 0 Å². The van der Waals surface area contributed by atoms with Crippen molar-refractivity contribution in [2.75, 3.05) is 47.4 Å². The molecule has 0 amide bonds. The Morgan fingerprint density at radius 3 is 2.82 bits per heavy atom. The number of benzene rings is 1. The molecule has 1 unspecified atom stereocenters. The molecule has 1 saturated carbocycles. The van der Waals surface area contributed by atoms with E-state index in [1.165, 1.54) is 18.4 Å². The summed E-state index contributed by atoms with van der Waals surface area (Å²) in [5.41, 5.74) is 1.23. The van der Waals surface area contributed by atoms with Gasteiger partial charge in [-0.1, -0.05) is 18.2 Å². The molecule has 1 spiro atoms. The van der Waals surface area contributed by atoms with E-state index in [1.807, 2.05) is 7.05 Å². The smallest absolute Gasteiger partial charge is 0.191 e. The van der Waals surface area contributed by atoms with Gasteiger partial charge in [-0.25, -0.2) is 0 Å². The largest absolute Gasteiger partial charge is 0.487 e. The van der Waals surface area contributed by atoms with Gasteiger partial charge in [-0.2, -0.15) is 0 Å². The van der Waals surface area contributed by atoms with Crippen LogP contribution in [0.1, 0.15) is 50.1 Å². The Hall–Kier alpha value is -1.79. The maximum Gasteiger partial charge on any atom is 0.191 e. The summed E-state index contributed by atoms with van der Waals surface area (Å²) in [4.78, 5) is 6.75. The molecule has 6 nitrogen and oxygen atoms in total. The van der Waals surface area contributed by atoms with Crippen LogP contribution in [0.5, 0.6) is 5.75 Å². The lowest BCUT2D eigenvalue weighted by Gasteiger charge is -2.40. The fourth-order valence-electron chi connectivity index (χ4n) is 4.35. The minimum Gasteiger partial charge on any atom is -0.487 e. The first-order chi connectivity index (χ1) is 13.7. The van der Waals surface area contributed by atoms with Crippen molar-refractivity contribution in [3.8, 4) is 5.75 Å². The third kappa shape index (κ3) is 5.39. The maximum atomic E-state index is 6.47. The summed E-state index contributed by atoms with van der Waals surface area (Å²) in [5.74, 6) is 1.90. The predicted molar refractivity (Wildman–Crippen MR) is 114 cm³/mol. The standard InChI is InChI=1S/C22H36N4O2/c1-23-21(24-13-8-14-26(2)15-16-27-3)25-19-17-22(11-6-7-12-22)28-20-10-5-4-9-18(19)20/h4-5,9-10,19H,6-8,11-17H2,1-3H3,(H2,23,24,25). The van der Waals surface area contributed by atoms with Crippen LogP contribution in [0.15, 0.2) is 29.3 Å². The van der Waals surface area contributed by atoms with Gasteiger partial charge in [-0.15, -0.1) is 0 Å². The number of ether oxygens (including phenoxy) is 2. The van der Waals surface area contributed by atoms with Crippen LogP contribution in [0.2, 0.25) is 0 Å². The molecule has 0 aromatic heterocycles. The number of hydrogen-bond acceptors (Lipinski definition) is 4. The second kappa shape index (κ2) is 10.1. The summed E-state index contributed by atoms with van der Waals surface area (Å²) in [6.45, 7) is 3.67. The number of nitrogens with one attached hydrogen (secondary N) is 2.